The summed E-state index contributed by atoms with van der Waals surface area (Å²) < 4.78 is 13.3. The summed E-state index contributed by atoms with van der Waals surface area (Å²) in [5.74, 6) is 0.371. The summed E-state index contributed by atoms with van der Waals surface area (Å²) in [4.78, 5) is 24.8. The third-order valence-corrected chi connectivity index (χ3v) is 4.33. The number of carbonyl (C=O) groups excluding carboxylic acids is 1. The van der Waals surface area contributed by atoms with E-state index in [9.17, 15) is 9.18 Å². The quantitative estimate of drug-likeness (QED) is 0.816. The van der Waals surface area contributed by atoms with Gasteiger partial charge in [0.15, 0.2) is 0 Å². The first-order valence-corrected chi connectivity index (χ1v) is 8.04. The van der Waals surface area contributed by atoms with Crippen molar-refractivity contribution >= 4 is 5.91 Å². The van der Waals surface area contributed by atoms with Gasteiger partial charge in [0, 0.05) is 25.5 Å². The van der Waals surface area contributed by atoms with Crippen LogP contribution in [0.15, 0.2) is 42.7 Å². The monoisotopic (exact) mass is 328 g/mol. The SMILES string of the molecule is CN(C(=O)CN(C)[C@H](c1ccc(F)cc1)c1ncccn1)C1CC1. The van der Waals surface area contributed by atoms with Crippen molar-refractivity contribution in [2.24, 2.45) is 0 Å². The normalized spacial score (nSPS) is 15.3. The van der Waals surface area contributed by atoms with E-state index in [1.54, 1.807) is 30.6 Å². The number of hydrogen-bond acceptors (Lipinski definition) is 4. The number of halogens is 1. The molecule has 3 rings (SSSR count). The highest BCUT2D eigenvalue weighted by Gasteiger charge is 2.31. The van der Waals surface area contributed by atoms with Crippen molar-refractivity contribution in [3.63, 3.8) is 0 Å². The summed E-state index contributed by atoms with van der Waals surface area (Å²) in [5, 5.41) is 0. The number of nitrogens with zero attached hydrogens (tertiary/aromatic N) is 4. The van der Waals surface area contributed by atoms with Crippen LogP contribution >= 0.6 is 0 Å². The molecule has 6 heteroatoms. The summed E-state index contributed by atoms with van der Waals surface area (Å²) in [5.41, 5.74) is 0.854. The van der Waals surface area contributed by atoms with Gasteiger partial charge in [-0.25, -0.2) is 14.4 Å². The van der Waals surface area contributed by atoms with Gasteiger partial charge in [-0.2, -0.15) is 0 Å². The van der Waals surface area contributed by atoms with Gasteiger partial charge in [-0.05, 0) is 43.7 Å². The van der Waals surface area contributed by atoms with Crippen LogP contribution in [0.25, 0.3) is 0 Å². The first-order chi connectivity index (χ1) is 11.6. The summed E-state index contributed by atoms with van der Waals surface area (Å²) in [7, 11) is 3.71. The highest BCUT2D eigenvalue weighted by molar-refractivity contribution is 5.78. The Morgan fingerprint density at radius 3 is 2.42 bits per heavy atom. The minimum absolute atomic E-state index is 0.0723. The Labute approximate surface area is 141 Å². The number of likely N-dealkylation sites (N-methyl/N-ethyl adjacent to an activating group) is 2. The van der Waals surface area contributed by atoms with Crippen LogP contribution < -0.4 is 0 Å². The third-order valence-electron chi connectivity index (χ3n) is 4.33. The zero-order chi connectivity index (χ0) is 17.1. The van der Waals surface area contributed by atoms with Crippen molar-refractivity contribution in [1.82, 2.24) is 19.8 Å². The van der Waals surface area contributed by atoms with E-state index in [0.717, 1.165) is 18.4 Å². The predicted octanol–water partition coefficient (Wildman–Crippen LogP) is 2.26. The van der Waals surface area contributed by atoms with Crippen LogP contribution in [0.5, 0.6) is 0 Å². The summed E-state index contributed by atoms with van der Waals surface area (Å²) in [6, 6.07) is 8.07. The van der Waals surface area contributed by atoms with E-state index in [4.69, 9.17) is 0 Å². The summed E-state index contributed by atoms with van der Waals surface area (Å²) in [6.45, 7) is 0.257. The number of rotatable bonds is 6. The highest BCUT2D eigenvalue weighted by Crippen LogP contribution is 2.27. The van der Waals surface area contributed by atoms with Crippen LogP contribution in [0.2, 0.25) is 0 Å². The average Bonchev–Trinajstić information content (AvgIpc) is 3.42. The molecule has 2 aromatic rings. The number of benzene rings is 1. The molecular formula is C18H21FN4O. The molecular weight excluding hydrogens is 307 g/mol. The lowest BCUT2D eigenvalue weighted by Gasteiger charge is -2.28. The third kappa shape index (κ3) is 3.76. The molecule has 1 amide bonds. The Kier molecular flexibility index (Phi) is 4.85. The van der Waals surface area contributed by atoms with Crippen molar-refractivity contribution in [2.75, 3.05) is 20.6 Å². The lowest BCUT2D eigenvalue weighted by molar-refractivity contribution is -0.131. The summed E-state index contributed by atoms with van der Waals surface area (Å²) >= 11 is 0. The second-order valence-electron chi connectivity index (χ2n) is 6.21. The van der Waals surface area contributed by atoms with Gasteiger partial charge in [-0.1, -0.05) is 12.1 Å². The maximum atomic E-state index is 13.3. The molecule has 1 heterocycles. The van der Waals surface area contributed by atoms with Crippen molar-refractivity contribution in [3.8, 4) is 0 Å². The molecule has 24 heavy (non-hydrogen) atoms. The van der Waals surface area contributed by atoms with Crippen LogP contribution in [0.3, 0.4) is 0 Å². The van der Waals surface area contributed by atoms with Gasteiger partial charge >= 0.3 is 0 Å². The molecule has 1 fully saturated rings. The largest absolute Gasteiger partial charge is 0.342 e. The fourth-order valence-electron chi connectivity index (χ4n) is 2.78. The maximum Gasteiger partial charge on any atom is 0.236 e. The fraction of sp³-hybridized carbons (Fsp3) is 0.389. The van der Waals surface area contributed by atoms with Crippen LogP contribution in [0.4, 0.5) is 4.39 Å². The molecule has 1 aliphatic rings. The Bertz CT molecular complexity index is 688. The number of aromatic nitrogens is 2. The molecule has 0 bridgehead atoms. The molecule has 1 aromatic carbocycles. The Morgan fingerprint density at radius 2 is 1.83 bits per heavy atom. The van der Waals surface area contributed by atoms with Crippen molar-refractivity contribution < 1.29 is 9.18 Å². The van der Waals surface area contributed by atoms with Crippen LogP contribution in [-0.4, -0.2) is 52.4 Å². The van der Waals surface area contributed by atoms with Gasteiger partial charge in [0.2, 0.25) is 5.91 Å². The molecule has 0 N–H and O–H groups in total. The first-order valence-electron chi connectivity index (χ1n) is 8.04. The lowest BCUT2D eigenvalue weighted by Crippen LogP contribution is -2.40. The molecule has 0 saturated heterocycles. The van der Waals surface area contributed by atoms with Crippen molar-refractivity contribution in [2.45, 2.75) is 24.9 Å². The van der Waals surface area contributed by atoms with Gasteiger partial charge < -0.3 is 4.90 Å². The minimum atomic E-state index is -0.302. The first kappa shape index (κ1) is 16.5. The minimum Gasteiger partial charge on any atom is -0.342 e. The van der Waals surface area contributed by atoms with Crippen molar-refractivity contribution in [3.05, 3.63) is 59.9 Å². The van der Waals surface area contributed by atoms with E-state index in [-0.39, 0.29) is 24.3 Å². The van der Waals surface area contributed by atoms with E-state index in [1.165, 1.54) is 12.1 Å². The average molecular weight is 328 g/mol. The molecule has 1 aromatic heterocycles. The topological polar surface area (TPSA) is 49.3 Å². The van der Waals surface area contributed by atoms with E-state index < -0.39 is 0 Å². The van der Waals surface area contributed by atoms with Crippen molar-refractivity contribution in [1.29, 1.82) is 0 Å². The Hall–Kier alpha value is -2.34. The summed E-state index contributed by atoms with van der Waals surface area (Å²) in [6.07, 6.45) is 5.50. The van der Waals surface area contributed by atoms with Gasteiger partial charge in [-0.15, -0.1) is 0 Å². The molecule has 5 nitrogen and oxygen atoms in total. The molecule has 1 atom stereocenters. The zero-order valence-corrected chi connectivity index (χ0v) is 13.9. The van der Waals surface area contributed by atoms with E-state index in [1.807, 2.05) is 23.9 Å². The van der Waals surface area contributed by atoms with E-state index in [2.05, 4.69) is 9.97 Å². The second-order valence-corrected chi connectivity index (χ2v) is 6.21. The van der Waals surface area contributed by atoms with Gasteiger partial charge in [0.1, 0.15) is 11.6 Å². The molecule has 0 spiro atoms. The Balaban J connectivity index is 1.83. The highest BCUT2D eigenvalue weighted by atomic mass is 19.1. The van der Waals surface area contributed by atoms with Crippen LogP contribution in [-0.2, 0) is 4.79 Å². The maximum absolute atomic E-state index is 13.3. The molecule has 1 saturated carbocycles. The molecule has 0 unspecified atom stereocenters. The van der Waals surface area contributed by atoms with Gasteiger partial charge in [0.05, 0.1) is 12.6 Å². The predicted molar refractivity (Wildman–Crippen MR) is 88.7 cm³/mol. The Morgan fingerprint density at radius 1 is 1.21 bits per heavy atom. The molecule has 0 radical (unpaired) electrons. The van der Waals surface area contributed by atoms with Gasteiger partial charge in [-0.3, -0.25) is 9.69 Å². The smallest absolute Gasteiger partial charge is 0.236 e. The molecule has 1 aliphatic carbocycles. The van der Waals surface area contributed by atoms with E-state index in [0.29, 0.717) is 11.9 Å². The lowest BCUT2D eigenvalue weighted by atomic mass is 10.0. The van der Waals surface area contributed by atoms with Gasteiger partial charge in [0.25, 0.3) is 0 Å². The van der Waals surface area contributed by atoms with Crippen LogP contribution in [0, 0.1) is 5.82 Å². The molecule has 126 valence electrons. The number of hydrogen-bond donors (Lipinski definition) is 0. The zero-order valence-electron chi connectivity index (χ0n) is 13.9. The molecule has 0 aliphatic heterocycles. The fourth-order valence-corrected chi connectivity index (χ4v) is 2.78. The van der Waals surface area contributed by atoms with Crippen LogP contribution in [0.1, 0.15) is 30.3 Å². The second kappa shape index (κ2) is 7.05. The standard InChI is InChI=1S/C18H21FN4O/c1-22(12-16(24)23(2)15-8-9-15)17(18-20-10-3-11-21-18)13-4-6-14(19)7-5-13/h3-7,10-11,15,17H,8-9,12H2,1-2H3/t17-/m1/s1. The number of amides is 1. The number of carbonyl (C=O) groups is 1. The van der Waals surface area contributed by atoms with E-state index >= 15 is 0 Å².